The van der Waals surface area contributed by atoms with E-state index in [2.05, 4.69) is 79.3 Å². The minimum atomic E-state index is -1.03. The van der Waals surface area contributed by atoms with Crippen LogP contribution in [0.25, 0.3) is 0 Å². The van der Waals surface area contributed by atoms with Crippen LogP contribution in [-0.4, -0.2) is 88.7 Å². The molecular weight excluding hydrogens is 587 g/mol. The molecule has 0 aromatic carbocycles. The highest BCUT2D eigenvalue weighted by Crippen LogP contribution is 2.25. The van der Waals surface area contributed by atoms with Crippen molar-refractivity contribution in [1.29, 1.82) is 0 Å². The molecule has 0 radical (unpaired) electrons. The molecule has 0 bridgehead atoms. The minimum Gasteiger partial charge on any atom is -0.391 e. The van der Waals surface area contributed by atoms with Crippen molar-refractivity contribution in [1.82, 2.24) is 0 Å². The molecule has 1 rings (SSSR count). The van der Waals surface area contributed by atoms with Crippen LogP contribution in [0.15, 0.2) is 0 Å². The average molecular weight is 666 g/mol. The molecule has 2 unspecified atom stereocenters. The van der Waals surface area contributed by atoms with Crippen molar-refractivity contribution in [2.45, 2.75) is 173 Å². The predicted octanol–water partition coefficient (Wildman–Crippen LogP) is 9.43. The van der Waals surface area contributed by atoms with Crippen LogP contribution in [0.5, 0.6) is 0 Å². The Morgan fingerprint density at radius 2 is 1.10 bits per heavy atom. The summed E-state index contributed by atoms with van der Waals surface area (Å²) in [7, 11) is -3.70. The molecule has 1 aliphatic rings. The molecule has 1 aliphatic heterocycles. The highest BCUT2D eigenvalue weighted by molar-refractivity contribution is 6.82. The van der Waals surface area contributed by atoms with Crippen molar-refractivity contribution in [2.24, 2.45) is 11.7 Å². The molecule has 0 aliphatic carbocycles. The number of rotatable bonds is 21. The van der Waals surface area contributed by atoms with Crippen molar-refractivity contribution in [3.8, 4) is 0 Å². The first-order valence-corrected chi connectivity index (χ1v) is 31.5. The summed E-state index contributed by atoms with van der Waals surface area (Å²) in [6.45, 7) is 37.3. The molecule has 0 amide bonds. The van der Waals surface area contributed by atoms with Gasteiger partial charge in [-0.1, -0.05) is 129 Å². The van der Waals surface area contributed by atoms with Gasteiger partial charge in [-0.15, -0.1) is 0 Å². The third-order valence-corrected chi connectivity index (χ3v) is 18.6. The summed E-state index contributed by atoms with van der Waals surface area (Å²) in [5, 5.41) is 9.82. The van der Waals surface area contributed by atoms with Crippen LogP contribution in [0.3, 0.4) is 0 Å². The number of aliphatic hydroxyl groups is 1. The number of aliphatic hydroxyl groups excluding tert-OH is 1. The highest BCUT2D eigenvalue weighted by atomic mass is 28.3. The minimum absolute atomic E-state index is 0.274. The third-order valence-electron chi connectivity index (χ3n) is 7.48. The molecule has 9 heteroatoms. The Hall–Kier alpha value is 0.668. The second-order valence-electron chi connectivity index (χ2n) is 17.6. The largest absolute Gasteiger partial charge is 0.391 e. The summed E-state index contributed by atoms with van der Waals surface area (Å²) in [4.78, 5) is 0. The molecule has 0 spiro atoms. The molecule has 0 saturated carbocycles. The summed E-state index contributed by atoms with van der Waals surface area (Å²) >= 11 is 0. The van der Waals surface area contributed by atoms with Gasteiger partial charge in [-0.25, -0.2) is 0 Å². The summed E-state index contributed by atoms with van der Waals surface area (Å²) in [5.74, 6) is 0.665. The van der Waals surface area contributed by atoms with E-state index in [1.807, 2.05) is 13.8 Å². The maximum absolute atomic E-state index is 9.82. The number of nitrogens with two attached hydrogens (primary N) is 1. The summed E-state index contributed by atoms with van der Waals surface area (Å²) in [6.07, 6.45) is 4.52. The second kappa shape index (κ2) is 23.1. The van der Waals surface area contributed by atoms with Crippen LogP contribution in [0, 0.1) is 5.92 Å². The van der Waals surface area contributed by atoms with E-state index < -0.39 is 32.3 Å². The molecule has 3 N–H and O–H groups in total. The van der Waals surface area contributed by atoms with Gasteiger partial charge in [-0.3, -0.25) is 0 Å². The van der Waals surface area contributed by atoms with Crippen molar-refractivity contribution >= 4 is 32.3 Å². The SMILES string of the molecule is CC(C)CCC(O)COCCC[Si](C)(C)CC[Si](C)(C)C.CC(C)N.C[Si](C)(C)CC[Si](C)(C)CCCOCC1CO1. The van der Waals surface area contributed by atoms with Gasteiger partial charge in [0.2, 0.25) is 0 Å². The van der Waals surface area contributed by atoms with Gasteiger partial charge in [-0.05, 0) is 37.6 Å². The zero-order valence-corrected chi connectivity index (χ0v) is 35.2. The number of hydrogen-bond donors (Lipinski definition) is 2. The van der Waals surface area contributed by atoms with Gasteiger partial charge < -0.3 is 25.1 Å². The molecule has 42 heavy (non-hydrogen) atoms. The van der Waals surface area contributed by atoms with Crippen LogP contribution in [0.4, 0.5) is 0 Å². The molecular formula is C33H79NO4Si4. The molecule has 1 heterocycles. The topological polar surface area (TPSA) is 77.2 Å². The monoisotopic (exact) mass is 666 g/mol. The van der Waals surface area contributed by atoms with Crippen LogP contribution in [0.1, 0.15) is 53.4 Å². The molecule has 256 valence electrons. The highest BCUT2D eigenvalue weighted by Gasteiger charge is 2.25. The molecule has 1 fully saturated rings. The van der Waals surface area contributed by atoms with Gasteiger partial charge in [0.1, 0.15) is 6.10 Å². The first-order valence-electron chi connectivity index (χ1n) is 17.2. The van der Waals surface area contributed by atoms with Crippen molar-refractivity contribution in [3.05, 3.63) is 0 Å². The average Bonchev–Trinajstić information content (AvgIpc) is 3.64. The Labute approximate surface area is 268 Å². The van der Waals surface area contributed by atoms with Crippen LogP contribution < -0.4 is 5.73 Å². The van der Waals surface area contributed by atoms with Crippen molar-refractivity contribution in [3.63, 3.8) is 0 Å². The van der Waals surface area contributed by atoms with E-state index >= 15 is 0 Å². The summed E-state index contributed by atoms with van der Waals surface area (Å²) < 4.78 is 16.4. The van der Waals surface area contributed by atoms with Crippen molar-refractivity contribution < 1.29 is 19.3 Å². The lowest BCUT2D eigenvalue weighted by molar-refractivity contribution is 0.0302. The third kappa shape index (κ3) is 38.7. The van der Waals surface area contributed by atoms with Gasteiger partial charge in [-0.2, -0.15) is 0 Å². The summed E-state index contributed by atoms with van der Waals surface area (Å²) in [5.41, 5.74) is 5.11. The fourth-order valence-corrected chi connectivity index (χ4v) is 18.3. The summed E-state index contributed by atoms with van der Waals surface area (Å²) in [6, 6.07) is 9.07. The normalized spacial score (nSPS) is 16.6. The first kappa shape index (κ1) is 44.8. The lowest BCUT2D eigenvalue weighted by Gasteiger charge is -2.26. The Morgan fingerprint density at radius 3 is 1.45 bits per heavy atom. The van der Waals surface area contributed by atoms with E-state index in [1.165, 1.54) is 49.1 Å². The lowest BCUT2D eigenvalue weighted by atomic mass is 10.1. The Morgan fingerprint density at radius 1 is 0.690 bits per heavy atom. The number of ether oxygens (including phenoxy) is 3. The van der Waals surface area contributed by atoms with Gasteiger partial charge >= 0.3 is 0 Å². The molecule has 2 atom stereocenters. The predicted molar refractivity (Wildman–Crippen MR) is 201 cm³/mol. The number of hydrogen-bond acceptors (Lipinski definition) is 5. The van der Waals surface area contributed by atoms with Gasteiger partial charge in [0.05, 0.1) is 25.9 Å². The second-order valence-corrected chi connectivity index (χ2v) is 39.5. The molecule has 0 aromatic rings. The smallest absolute Gasteiger partial charge is 0.104 e. The van der Waals surface area contributed by atoms with Crippen molar-refractivity contribution in [2.75, 3.05) is 33.0 Å². The molecule has 5 nitrogen and oxygen atoms in total. The fraction of sp³-hybridized carbons (Fsp3) is 1.00. The van der Waals surface area contributed by atoms with Gasteiger partial charge in [0.25, 0.3) is 0 Å². The Bertz CT molecular complexity index is 628. The Kier molecular flexibility index (Phi) is 24.6. The van der Waals surface area contributed by atoms with E-state index in [1.54, 1.807) is 0 Å². The zero-order valence-electron chi connectivity index (χ0n) is 31.2. The Balaban J connectivity index is 0. The maximum Gasteiger partial charge on any atom is 0.104 e. The van der Waals surface area contributed by atoms with Gasteiger partial charge in [0.15, 0.2) is 0 Å². The van der Waals surface area contributed by atoms with E-state index in [0.29, 0.717) is 24.7 Å². The van der Waals surface area contributed by atoms with E-state index in [4.69, 9.17) is 19.9 Å². The first-order chi connectivity index (χ1) is 19.0. The van der Waals surface area contributed by atoms with Crippen LogP contribution in [-0.2, 0) is 14.2 Å². The van der Waals surface area contributed by atoms with Gasteiger partial charge in [0, 0.05) is 45.5 Å². The number of epoxide rings is 1. The maximum atomic E-state index is 9.82. The molecule has 1 saturated heterocycles. The quantitative estimate of drug-likeness (QED) is 0.0726. The lowest BCUT2D eigenvalue weighted by Crippen LogP contribution is -2.30. The van der Waals surface area contributed by atoms with Crippen LogP contribution in [0.2, 0.25) is 102 Å². The van der Waals surface area contributed by atoms with E-state index in [-0.39, 0.29) is 6.10 Å². The fourth-order valence-electron chi connectivity index (χ4n) is 4.19. The van der Waals surface area contributed by atoms with E-state index in [0.717, 1.165) is 39.3 Å². The van der Waals surface area contributed by atoms with E-state index in [9.17, 15) is 5.11 Å². The molecule has 0 aromatic heterocycles. The van der Waals surface area contributed by atoms with Crippen LogP contribution >= 0.6 is 0 Å². The zero-order chi connectivity index (χ0) is 33.0. The standard InChI is InChI=1S/C17H40O2Si2.C13H30O2Si2.C3H9N/c1-16(2)9-10-17(18)15-19-11-8-12-21(6,7)14-13-20(3,4)5;1-16(2,3)9-10-17(4,5)8-6-7-14-11-13-12-15-13;1-3(2)4/h16-18H,8-15H2,1-7H3;13H,6-12H2,1-5H3;3H,4H2,1-2H3.